The molecule has 0 aliphatic heterocycles. The van der Waals surface area contributed by atoms with Gasteiger partial charge in [-0.3, -0.25) is 9.08 Å². The molecule has 0 amide bonds. The van der Waals surface area contributed by atoms with Crippen molar-refractivity contribution < 1.29 is 32.3 Å². The molecule has 0 aromatic rings. The molecule has 3 N–H and O–H groups in total. The molecule has 0 radical (unpaired) electrons. The maximum Gasteiger partial charge on any atom is 0.335 e. The highest BCUT2D eigenvalue weighted by molar-refractivity contribution is 7.84. The molecule has 0 aliphatic carbocycles. The highest BCUT2D eigenvalue weighted by Gasteiger charge is 2.17. The molecule has 10 heteroatoms. The van der Waals surface area contributed by atoms with Crippen molar-refractivity contribution in [1.82, 2.24) is 9.62 Å². The lowest BCUT2D eigenvalue weighted by Gasteiger charge is -2.21. The van der Waals surface area contributed by atoms with Crippen molar-refractivity contribution in [1.29, 1.82) is 0 Å². The third kappa shape index (κ3) is 42.6. The van der Waals surface area contributed by atoms with Crippen molar-refractivity contribution in [2.75, 3.05) is 65.8 Å². The number of ether oxygens (including phenoxy) is 2. The van der Waals surface area contributed by atoms with Gasteiger partial charge in [-0.1, -0.05) is 154 Å². The Kier molecular flexibility index (Phi) is 43.6. The van der Waals surface area contributed by atoms with Gasteiger partial charge in [-0.05, 0) is 64.2 Å². The third-order valence-corrected chi connectivity index (χ3v) is 11.1. The zero-order chi connectivity index (χ0) is 40.2. The third-order valence-electron chi connectivity index (χ3n) is 10.1. The van der Waals surface area contributed by atoms with E-state index in [9.17, 15) is 18.6 Å². The van der Waals surface area contributed by atoms with Gasteiger partial charge >= 0.3 is 10.3 Å². The molecular formula is C45H90N2O7S. The van der Waals surface area contributed by atoms with Crippen LogP contribution < -0.4 is 4.72 Å². The van der Waals surface area contributed by atoms with Crippen LogP contribution in [0.3, 0.4) is 0 Å². The highest BCUT2D eigenvalue weighted by Crippen LogP contribution is 2.12. The molecule has 0 spiro atoms. The second-order valence-corrected chi connectivity index (χ2v) is 16.8. The van der Waals surface area contributed by atoms with Gasteiger partial charge in [0.1, 0.15) is 6.10 Å². The van der Waals surface area contributed by atoms with E-state index in [0.29, 0.717) is 39.5 Å². The lowest BCUT2D eigenvalue weighted by molar-refractivity contribution is -0.0381. The van der Waals surface area contributed by atoms with Crippen molar-refractivity contribution in [2.24, 2.45) is 0 Å². The van der Waals surface area contributed by atoms with E-state index in [-0.39, 0.29) is 26.4 Å². The number of hydrogen-bond donors (Lipinski definition) is 3. The van der Waals surface area contributed by atoms with Crippen molar-refractivity contribution in [3.8, 4) is 0 Å². The summed E-state index contributed by atoms with van der Waals surface area (Å²) in [6.07, 6.45) is 44.2. The van der Waals surface area contributed by atoms with Gasteiger partial charge in [0.05, 0.1) is 26.4 Å². The van der Waals surface area contributed by atoms with Gasteiger partial charge in [-0.25, -0.2) is 0 Å². The summed E-state index contributed by atoms with van der Waals surface area (Å²) in [7, 11) is -3.97. The molecular weight excluding hydrogens is 713 g/mol. The van der Waals surface area contributed by atoms with E-state index in [2.05, 4.69) is 42.9 Å². The molecule has 0 rings (SSSR count). The molecule has 0 fully saturated rings. The second kappa shape index (κ2) is 44.3. The fourth-order valence-electron chi connectivity index (χ4n) is 6.56. The summed E-state index contributed by atoms with van der Waals surface area (Å²) < 4.78 is 44.9. The van der Waals surface area contributed by atoms with Crippen molar-refractivity contribution >= 4 is 10.3 Å². The van der Waals surface area contributed by atoms with E-state index in [1.165, 1.54) is 154 Å². The summed E-state index contributed by atoms with van der Waals surface area (Å²) >= 11 is 0. The summed E-state index contributed by atoms with van der Waals surface area (Å²) in [6.45, 7) is 7.00. The smallest absolute Gasteiger partial charge is 0.335 e. The Hall–Kier alpha value is -0.850. The quantitative estimate of drug-likeness (QED) is 0.0411. The van der Waals surface area contributed by atoms with E-state index in [1.54, 1.807) is 4.90 Å². The van der Waals surface area contributed by atoms with E-state index in [0.717, 1.165) is 25.7 Å². The zero-order valence-electron chi connectivity index (χ0n) is 36.0. The number of aliphatic hydroxyl groups excluding tert-OH is 2. The molecule has 1 unspecified atom stereocenters. The van der Waals surface area contributed by atoms with Crippen molar-refractivity contribution in [3.63, 3.8) is 0 Å². The Morgan fingerprint density at radius 1 is 0.527 bits per heavy atom. The van der Waals surface area contributed by atoms with Gasteiger partial charge in [0.2, 0.25) is 0 Å². The molecule has 0 aliphatic rings. The number of unbranched alkanes of at least 4 members (excludes halogenated alkanes) is 24. The van der Waals surface area contributed by atoms with Crippen LogP contribution in [0.5, 0.6) is 0 Å². The van der Waals surface area contributed by atoms with Crippen LogP contribution in [0.2, 0.25) is 0 Å². The van der Waals surface area contributed by atoms with Crippen LogP contribution in [0, 0.1) is 0 Å². The van der Waals surface area contributed by atoms with Crippen LogP contribution in [0.25, 0.3) is 0 Å². The molecule has 0 aromatic heterocycles. The fraction of sp³-hybridized carbons (Fsp3) is 0.911. The van der Waals surface area contributed by atoms with Gasteiger partial charge in [-0.2, -0.15) is 13.1 Å². The molecule has 0 aromatic carbocycles. The van der Waals surface area contributed by atoms with Crippen LogP contribution in [0.1, 0.15) is 194 Å². The molecule has 0 heterocycles. The van der Waals surface area contributed by atoms with Crippen LogP contribution in [0.15, 0.2) is 24.3 Å². The Morgan fingerprint density at radius 2 is 0.927 bits per heavy atom. The zero-order valence-corrected chi connectivity index (χ0v) is 36.9. The van der Waals surface area contributed by atoms with E-state index < -0.39 is 16.4 Å². The predicted octanol–water partition coefficient (Wildman–Crippen LogP) is 10.6. The number of rotatable bonds is 46. The van der Waals surface area contributed by atoms with Gasteiger partial charge in [0.25, 0.3) is 0 Å². The molecule has 0 saturated carbocycles. The van der Waals surface area contributed by atoms with Crippen LogP contribution in [0.4, 0.5) is 0 Å². The minimum atomic E-state index is -3.97. The first-order valence-electron chi connectivity index (χ1n) is 23.1. The number of aliphatic hydroxyl groups is 2. The monoisotopic (exact) mass is 803 g/mol. The van der Waals surface area contributed by atoms with Crippen molar-refractivity contribution in [2.45, 2.75) is 200 Å². The normalized spacial score (nSPS) is 13.0. The first-order valence-corrected chi connectivity index (χ1v) is 24.5. The fourth-order valence-corrected chi connectivity index (χ4v) is 7.32. The van der Waals surface area contributed by atoms with Gasteiger partial charge in [0.15, 0.2) is 0 Å². The van der Waals surface area contributed by atoms with Gasteiger partial charge < -0.3 is 19.7 Å². The average Bonchev–Trinajstić information content (AvgIpc) is 3.17. The van der Waals surface area contributed by atoms with Crippen molar-refractivity contribution in [3.05, 3.63) is 24.3 Å². The SMILES string of the molecule is CCCCCCCC/C=C\CCCCCCCCOCC(COS(=O)(=O)NCCN(CCO)CCO)OCCCCCCCC/C=C\CCCCCCCC. The maximum atomic E-state index is 12.6. The standard InChI is InChI=1S/C45H90N2O7S/c1-3-5-7-9-11-13-15-17-19-21-23-25-27-29-31-33-41-52-43-45(44-54-55(50,51)46-35-36-47(37-39-48)38-40-49)53-42-34-32-30-28-26-24-22-20-18-16-14-12-10-8-6-4-2/h17-20,45-46,48-49H,3-16,21-44H2,1-2H3/b19-17-,20-18-. The number of hydrogen-bond acceptors (Lipinski definition) is 8. The summed E-state index contributed by atoms with van der Waals surface area (Å²) in [5, 5.41) is 18.4. The van der Waals surface area contributed by atoms with Gasteiger partial charge in [0, 0.05) is 39.4 Å². The minimum absolute atomic E-state index is 0.0590. The Balaban J connectivity index is 4.27. The highest BCUT2D eigenvalue weighted by atomic mass is 32.2. The molecule has 1 atom stereocenters. The largest absolute Gasteiger partial charge is 0.395 e. The summed E-state index contributed by atoms with van der Waals surface area (Å²) in [5.74, 6) is 0. The minimum Gasteiger partial charge on any atom is -0.395 e. The summed E-state index contributed by atoms with van der Waals surface area (Å²) in [5.41, 5.74) is 0. The topological polar surface area (TPSA) is 118 Å². The number of nitrogens with zero attached hydrogens (tertiary/aromatic N) is 1. The van der Waals surface area contributed by atoms with Crippen LogP contribution in [-0.2, 0) is 24.0 Å². The second-order valence-electron chi connectivity index (χ2n) is 15.4. The predicted molar refractivity (Wildman–Crippen MR) is 233 cm³/mol. The van der Waals surface area contributed by atoms with Gasteiger partial charge in [-0.15, -0.1) is 0 Å². The Labute approximate surface area is 341 Å². The number of nitrogens with one attached hydrogen (secondary N) is 1. The Morgan fingerprint density at radius 3 is 1.36 bits per heavy atom. The Bertz CT molecular complexity index is 913. The van der Waals surface area contributed by atoms with E-state index in [1.807, 2.05) is 0 Å². The average molecular weight is 803 g/mol. The molecule has 328 valence electrons. The van der Waals surface area contributed by atoms with E-state index in [4.69, 9.17) is 13.7 Å². The van der Waals surface area contributed by atoms with Crippen LogP contribution >= 0.6 is 0 Å². The lowest BCUT2D eigenvalue weighted by atomic mass is 10.1. The molecule has 9 nitrogen and oxygen atoms in total. The molecule has 0 bridgehead atoms. The first kappa shape index (κ1) is 54.2. The number of allylic oxidation sites excluding steroid dienone is 4. The summed E-state index contributed by atoms with van der Waals surface area (Å²) in [6, 6.07) is 0. The molecule has 55 heavy (non-hydrogen) atoms. The van der Waals surface area contributed by atoms with E-state index >= 15 is 0 Å². The summed E-state index contributed by atoms with van der Waals surface area (Å²) in [4.78, 5) is 1.79. The molecule has 0 saturated heterocycles. The van der Waals surface area contributed by atoms with Crippen LogP contribution in [-0.4, -0.2) is 95.5 Å². The maximum absolute atomic E-state index is 12.6. The first-order chi connectivity index (χ1) is 27.0. The lowest BCUT2D eigenvalue weighted by Crippen LogP contribution is -2.39.